The molecule has 120 valence electrons. The summed E-state index contributed by atoms with van der Waals surface area (Å²) in [6.07, 6.45) is 2.92. The van der Waals surface area contributed by atoms with Gasteiger partial charge in [-0.05, 0) is 36.7 Å². The van der Waals surface area contributed by atoms with Crippen LogP contribution in [-0.2, 0) is 13.0 Å². The molecule has 0 amide bonds. The standard InChI is InChI=1S/C19H29NOSi/c1-8-14-20-16(9-2)18(15-12-10-11-13-17(15)20)21-22(6,7)19(3,4)5/h8,10-13H,1,9,14H2,2-7H3. The van der Waals surface area contributed by atoms with E-state index in [2.05, 4.69) is 76.2 Å². The van der Waals surface area contributed by atoms with Gasteiger partial charge in [-0.1, -0.05) is 45.9 Å². The predicted molar refractivity (Wildman–Crippen MR) is 99.3 cm³/mol. The third-order valence-corrected chi connectivity index (χ3v) is 9.16. The average Bonchev–Trinajstić information content (AvgIpc) is 2.72. The van der Waals surface area contributed by atoms with E-state index in [1.165, 1.54) is 16.6 Å². The van der Waals surface area contributed by atoms with Crippen molar-refractivity contribution in [1.29, 1.82) is 0 Å². The summed E-state index contributed by atoms with van der Waals surface area (Å²) < 4.78 is 9.05. The zero-order valence-electron chi connectivity index (χ0n) is 14.9. The van der Waals surface area contributed by atoms with Crippen molar-refractivity contribution in [3.63, 3.8) is 0 Å². The van der Waals surface area contributed by atoms with Crippen LogP contribution < -0.4 is 4.43 Å². The minimum Gasteiger partial charge on any atom is -0.542 e. The van der Waals surface area contributed by atoms with E-state index in [0.717, 1.165) is 18.7 Å². The summed E-state index contributed by atoms with van der Waals surface area (Å²) in [5.41, 5.74) is 2.53. The molecule has 0 aliphatic carbocycles. The lowest BCUT2D eigenvalue weighted by Gasteiger charge is -2.36. The summed E-state index contributed by atoms with van der Waals surface area (Å²) >= 11 is 0. The number of fused-ring (bicyclic) bond motifs is 1. The van der Waals surface area contributed by atoms with Crippen molar-refractivity contribution in [1.82, 2.24) is 4.57 Å². The second kappa shape index (κ2) is 5.96. The predicted octanol–water partition coefficient (Wildman–Crippen LogP) is 5.77. The van der Waals surface area contributed by atoms with E-state index >= 15 is 0 Å². The van der Waals surface area contributed by atoms with Gasteiger partial charge in [-0.2, -0.15) is 0 Å². The molecule has 1 aromatic carbocycles. The van der Waals surface area contributed by atoms with Crippen LogP contribution in [0.5, 0.6) is 5.75 Å². The maximum Gasteiger partial charge on any atom is 0.250 e. The number of allylic oxidation sites excluding steroid dienone is 1. The number of nitrogens with zero attached hydrogens (tertiary/aromatic N) is 1. The topological polar surface area (TPSA) is 14.2 Å². The molecule has 1 heterocycles. The van der Waals surface area contributed by atoms with E-state index in [-0.39, 0.29) is 5.04 Å². The zero-order chi connectivity index (χ0) is 16.5. The van der Waals surface area contributed by atoms with Crippen LogP contribution >= 0.6 is 0 Å². The van der Waals surface area contributed by atoms with Crippen LogP contribution in [-0.4, -0.2) is 12.9 Å². The summed E-state index contributed by atoms with van der Waals surface area (Å²) in [6, 6.07) is 8.54. The van der Waals surface area contributed by atoms with Gasteiger partial charge in [0.05, 0.1) is 11.2 Å². The fraction of sp³-hybridized carbons (Fsp3) is 0.474. The molecule has 0 bridgehead atoms. The molecule has 0 saturated heterocycles. The largest absolute Gasteiger partial charge is 0.542 e. The fourth-order valence-electron chi connectivity index (χ4n) is 2.54. The molecule has 0 unspecified atom stereocenters. The third-order valence-electron chi connectivity index (χ3n) is 4.84. The van der Waals surface area contributed by atoms with Crippen LogP contribution in [0, 0.1) is 0 Å². The van der Waals surface area contributed by atoms with Crippen LogP contribution in [0.1, 0.15) is 33.4 Å². The van der Waals surface area contributed by atoms with Crippen LogP contribution in [0.4, 0.5) is 0 Å². The monoisotopic (exact) mass is 315 g/mol. The van der Waals surface area contributed by atoms with Gasteiger partial charge in [-0.25, -0.2) is 0 Å². The molecule has 0 atom stereocenters. The number of benzene rings is 1. The SMILES string of the molecule is C=CCn1c(CC)c(O[Si](C)(C)C(C)(C)C)c2ccccc21. The third kappa shape index (κ3) is 2.87. The Morgan fingerprint density at radius 1 is 1.23 bits per heavy atom. The normalized spacial score (nSPS) is 12.6. The highest BCUT2D eigenvalue weighted by Crippen LogP contribution is 2.42. The van der Waals surface area contributed by atoms with E-state index in [1.807, 2.05) is 6.08 Å². The molecule has 1 aromatic heterocycles. The Hall–Kier alpha value is -1.48. The Labute approximate surface area is 135 Å². The minimum atomic E-state index is -1.86. The molecule has 2 aromatic rings. The summed E-state index contributed by atoms with van der Waals surface area (Å²) in [6.45, 7) is 18.4. The van der Waals surface area contributed by atoms with Gasteiger partial charge in [-0.3, -0.25) is 0 Å². The van der Waals surface area contributed by atoms with E-state index in [4.69, 9.17) is 4.43 Å². The summed E-state index contributed by atoms with van der Waals surface area (Å²) in [5.74, 6) is 1.09. The van der Waals surface area contributed by atoms with E-state index in [9.17, 15) is 0 Å². The van der Waals surface area contributed by atoms with Gasteiger partial charge >= 0.3 is 0 Å². The number of rotatable bonds is 5. The number of aromatic nitrogens is 1. The molecule has 0 radical (unpaired) electrons. The molecule has 0 saturated carbocycles. The van der Waals surface area contributed by atoms with Crippen molar-refractivity contribution < 1.29 is 4.43 Å². The minimum absolute atomic E-state index is 0.194. The van der Waals surface area contributed by atoms with Crippen LogP contribution in [0.15, 0.2) is 36.9 Å². The second-order valence-corrected chi connectivity index (χ2v) is 12.1. The van der Waals surface area contributed by atoms with E-state index in [1.54, 1.807) is 0 Å². The number of hydrogen-bond acceptors (Lipinski definition) is 1. The molecular formula is C19H29NOSi. The molecular weight excluding hydrogens is 286 g/mol. The molecule has 2 rings (SSSR count). The summed E-state index contributed by atoms with van der Waals surface area (Å²) in [4.78, 5) is 0. The maximum absolute atomic E-state index is 6.71. The van der Waals surface area contributed by atoms with Crippen LogP contribution in [0.25, 0.3) is 10.9 Å². The maximum atomic E-state index is 6.71. The smallest absolute Gasteiger partial charge is 0.250 e. The first-order valence-electron chi connectivity index (χ1n) is 8.13. The Bertz CT molecular complexity index is 677. The summed E-state index contributed by atoms with van der Waals surface area (Å²) in [7, 11) is -1.86. The zero-order valence-corrected chi connectivity index (χ0v) is 15.9. The highest BCUT2D eigenvalue weighted by atomic mass is 28.4. The number of para-hydroxylation sites is 1. The summed E-state index contributed by atoms with van der Waals surface area (Å²) in [5, 5.41) is 1.42. The van der Waals surface area contributed by atoms with Gasteiger partial charge in [0, 0.05) is 11.9 Å². The van der Waals surface area contributed by atoms with Crippen molar-refractivity contribution in [3.8, 4) is 5.75 Å². The Morgan fingerprint density at radius 2 is 1.86 bits per heavy atom. The lowest BCUT2D eigenvalue weighted by Crippen LogP contribution is -2.44. The Balaban J connectivity index is 2.65. The first kappa shape index (κ1) is 16.9. The molecule has 0 N–H and O–H groups in total. The second-order valence-electron chi connectivity index (χ2n) is 7.41. The van der Waals surface area contributed by atoms with Crippen molar-refractivity contribution >= 4 is 19.2 Å². The molecule has 0 spiro atoms. The van der Waals surface area contributed by atoms with Gasteiger partial charge in [0.15, 0.2) is 0 Å². The Morgan fingerprint density at radius 3 is 2.41 bits per heavy atom. The van der Waals surface area contributed by atoms with Gasteiger partial charge < -0.3 is 8.99 Å². The van der Waals surface area contributed by atoms with Crippen molar-refractivity contribution in [2.24, 2.45) is 0 Å². The van der Waals surface area contributed by atoms with E-state index < -0.39 is 8.32 Å². The molecule has 3 heteroatoms. The van der Waals surface area contributed by atoms with Crippen molar-refractivity contribution in [2.75, 3.05) is 0 Å². The molecule has 0 fully saturated rings. The Kier molecular flexibility index (Phi) is 4.57. The van der Waals surface area contributed by atoms with Crippen LogP contribution in [0.3, 0.4) is 0 Å². The van der Waals surface area contributed by atoms with Gasteiger partial charge in [-0.15, -0.1) is 6.58 Å². The average molecular weight is 316 g/mol. The lowest BCUT2D eigenvalue weighted by atomic mass is 10.2. The first-order valence-corrected chi connectivity index (χ1v) is 11.0. The van der Waals surface area contributed by atoms with Crippen molar-refractivity contribution in [2.45, 2.75) is 58.8 Å². The lowest BCUT2D eigenvalue weighted by molar-refractivity contribution is 0.488. The first-order chi connectivity index (χ1) is 10.2. The van der Waals surface area contributed by atoms with Gasteiger partial charge in [0.1, 0.15) is 5.75 Å². The fourth-order valence-corrected chi connectivity index (χ4v) is 3.58. The number of hydrogen-bond donors (Lipinski definition) is 0. The van der Waals surface area contributed by atoms with Gasteiger partial charge in [0.2, 0.25) is 0 Å². The highest BCUT2D eigenvalue weighted by Gasteiger charge is 2.40. The molecule has 0 aliphatic rings. The highest BCUT2D eigenvalue weighted by molar-refractivity contribution is 6.74. The quantitative estimate of drug-likeness (QED) is 0.504. The molecule has 2 nitrogen and oxygen atoms in total. The van der Waals surface area contributed by atoms with Gasteiger partial charge in [0.25, 0.3) is 8.32 Å². The van der Waals surface area contributed by atoms with E-state index in [0.29, 0.717) is 0 Å². The van der Waals surface area contributed by atoms with Crippen molar-refractivity contribution in [3.05, 3.63) is 42.6 Å². The molecule has 0 aliphatic heterocycles. The van der Waals surface area contributed by atoms with Crippen LogP contribution in [0.2, 0.25) is 18.1 Å². The molecule has 22 heavy (non-hydrogen) atoms.